The number of aliphatic hydroxyl groups is 27. The van der Waals surface area contributed by atoms with Crippen molar-refractivity contribution in [3.8, 4) is 0 Å². The largest absolute Gasteiger partial charge is 0.420 e. The summed E-state index contributed by atoms with van der Waals surface area (Å²) in [5.74, 6) is -0.153. The van der Waals surface area contributed by atoms with Crippen molar-refractivity contribution in [1.29, 1.82) is 0 Å². The van der Waals surface area contributed by atoms with Crippen molar-refractivity contribution in [1.82, 2.24) is 0 Å². The van der Waals surface area contributed by atoms with E-state index in [4.69, 9.17) is 71.5 Å². The van der Waals surface area contributed by atoms with Gasteiger partial charge in [0.05, 0.1) is 157 Å². The molecular formula is C72H138F6O27S11. The van der Waals surface area contributed by atoms with Gasteiger partial charge in [-0.05, 0) is 46.5 Å². The van der Waals surface area contributed by atoms with Gasteiger partial charge in [-0.1, -0.05) is 76.2 Å². The third-order valence-corrected chi connectivity index (χ3v) is 39.1. The maximum Gasteiger partial charge on any atom is 0.420 e. The fraction of sp³-hybridized carbons (Fsp3) is 1.00. The summed E-state index contributed by atoms with van der Waals surface area (Å²) in [5, 5.41) is 243. The quantitative estimate of drug-likeness (QED) is 0.108. The fourth-order valence-corrected chi connectivity index (χ4v) is 28.3. The first-order valence-electron chi connectivity index (χ1n) is 38.5. The Morgan fingerprint density at radius 2 is 0.716 bits per heavy atom. The first-order valence-corrected chi connectivity index (χ1v) is 48.9. The van der Waals surface area contributed by atoms with Crippen LogP contribution in [0.3, 0.4) is 0 Å². The summed E-state index contributed by atoms with van der Waals surface area (Å²) in [6.07, 6.45) is -11.2. The molecule has 0 amide bonds. The number of alkyl halides is 6. The van der Waals surface area contributed by atoms with Gasteiger partial charge < -0.3 is 138 Å². The molecule has 0 spiro atoms. The minimum absolute atomic E-state index is 0.00463. The van der Waals surface area contributed by atoms with Crippen LogP contribution < -0.4 is 0 Å². The molecule has 40 atom stereocenters. The summed E-state index contributed by atoms with van der Waals surface area (Å²) in [6, 6.07) is 0. The van der Waals surface area contributed by atoms with E-state index in [2.05, 4.69) is 13.8 Å². The van der Waals surface area contributed by atoms with E-state index < -0.39 is 124 Å². The molecule has 11 aliphatic rings. The van der Waals surface area contributed by atoms with Crippen LogP contribution in [0.1, 0.15) is 123 Å². The second kappa shape index (κ2) is 54.1. The summed E-state index contributed by atoms with van der Waals surface area (Å²) in [4.78, 5) is 0. The van der Waals surface area contributed by atoms with Crippen LogP contribution in [0.25, 0.3) is 0 Å². The third kappa shape index (κ3) is 32.2. The first kappa shape index (κ1) is 116. The van der Waals surface area contributed by atoms with Crippen LogP contribution in [0.2, 0.25) is 0 Å². The summed E-state index contributed by atoms with van der Waals surface area (Å²) in [7, 11) is 0. The van der Waals surface area contributed by atoms with Crippen molar-refractivity contribution in [2.75, 3.05) is 86.0 Å². The second-order valence-electron chi connectivity index (χ2n) is 31.0. The minimum atomic E-state index is -4.89. The molecule has 11 rings (SSSR count). The Labute approximate surface area is 725 Å². The lowest BCUT2D eigenvalue weighted by Gasteiger charge is -2.32. The Hall–Kier alpha value is 2.35. The van der Waals surface area contributed by atoms with E-state index in [0.29, 0.717) is 22.4 Å². The van der Waals surface area contributed by atoms with Gasteiger partial charge in [0, 0.05) is 86.0 Å². The fourth-order valence-electron chi connectivity index (χ4n) is 13.3. The van der Waals surface area contributed by atoms with Crippen LogP contribution in [0.5, 0.6) is 0 Å². The molecule has 44 heteroatoms. The Morgan fingerprint density at radius 3 is 0.922 bits per heavy atom. The number of rotatable bonds is 13. The molecule has 0 radical (unpaired) electrons. The molecule has 116 heavy (non-hydrogen) atoms. The molecule has 0 aromatic heterocycles. The van der Waals surface area contributed by atoms with Crippen LogP contribution in [0.15, 0.2) is 0 Å². The van der Waals surface area contributed by atoms with Gasteiger partial charge in [0.2, 0.25) is 0 Å². The molecule has 0 bridgehead atoms. The van der Waals surface area contributed by atoms with Crippen LogP contribution in [0.4, 0.5) is 26.3 Å². The minimum Gasteiger partial charge on any atom is -0.396 e. The highest BCUT2D eigenvalue weighted by Gasteiger charge is 2.67. The van der Waals surface area contributed by atoms with Crippen molar-refractivity contribution in [2.45, 2.75) is 346 Å². The molecule has 11 aliphatic heterocycles. The van der Waals surface area contributed by atoms with Gasteiger partial charge in [-0.25, -0.2) is 13.2 Å². The van der Waals surface area contributed by atoms with Crippen LogP contribution in [0, 0.1) is 5.92 Å². The van der Waals surface area contributed by atoms with Gasteiger partial charge in [0.15, 0.2) is 5.60 Å². The Balaban J connectivity index is 0.000000640. The van der Waals surface area contributed by atoms with E-state index in [-0.39, 0.29) is 163 Å². The predicted molar refractivity (Wildman–Crippen MR) is 460 cm³/mol. The molecule has 27 nitrogen and oxygen atoms in total. The van der Waals surface area contributed by atoms with E-state index >= 15 is 0 Å². The zero-order chi connectivity index (χ0) is 90.0. The standard InChI is InChI=1S/C7H11F3O3S.C7H13FO3S.C7H13FO2S.3C7H14O3S.C6H11FO2S.C6H12O3S.2C6H12O2S.C6H12OS/c1-3-6(13,7(8,9)10)5(12)4(2-11)14-3;1-4-7(11,3-8)6(10)5(2-9)12-4;1-4-7(2,8)6(10)5(3-9)11-4;2*1-4-7(2,10)6(9)5(3-8)11-4;1-4-7(10)5(2-8)6(3-9)11-4;1-3-5(7)6(9)4(2-8)10-3;1-3-5(8)6(9)4(2-7)10-3;1-4-6(8)2-5(3-7)9-4;1-4-2-5(8)6(3-7)9-4;1-5-2-3-6(4-7)8-5/h3-5,11-13H,2H2,1H3;4-6,9-11H,2-3H2,1H3;4-6,9-10H,3H2,1-2H3;2*4-6,8-10H,3H2,1-2H3;4-10H,2-3H2,1H3;3-6,8-9H,2H2,1H3;3-9H,2H2,1H3;2*4-8H,2-3H2,1H3;5-7H,2-4H2,1H3/t3-,4+,5+,6-;5*4-,5+,6+,7-;2*3-,4+,5-,6+;2*4-,5-,6+;5-,6-/m00000000000/s1. The Bertz CT molecular complexity index is 2520. The smallest absolute Gasteiger partial charge is 0.396 e. The molecular weight excluding hydrogens is 1760 g/mol. The highest BCUT2D eigenvalue weighted by Crippen LogP contribution is 2.51. The van der Waals surface area contributed by atoms with Crippen molar-refractivity contribution in [2.24, 2.45) is 5.92 Å². The van der Waals surface area contributed by atoms with E-state index in [0.717, 1.165) is 29.9 Å². The molecule has 11 fully saturated rings. The van der Waals surface area contributed by atoms with E-state index in [1.165, 1.54) is 97.3 Å². The molecule has 0 aromatic carbocycles. The van der Waals surface area contributed by atoms with E-state index in [9.17, 15) is 92.7 Å². The van der Waals surface area contributed by atoms with Crippen molar-refractivity contribution in [3.05, 3.63) is 0 Å². The number of hydrogen-bond donors (Lipinski definition) is 27. The van der Waals surface area contributed by atoms with Crippen LogP contribution in [-0.2, 0) is 0 Å². The molecule has 0 aromatic rings. The first-order chi connectivity index (χ1) is 53.6. The van der Waals surface area contributed by atoms with Gasteiger partial charge >= 0.3 is 6.18 Å². The molecule has 0 saturated carbocycles. The molecule has 11 saturated heterocycles. The number of halogens is 6. The maximum atomic E-state index is 13.5. The molecule has 0 unspecified atom stereocenters. The van der Waals surface area contributed by atoms with Gasteiger partial charge in [0.25, 0.3) is 0 Å². The van der Waals surface area contributed by atoms with Gasteiger partial charge in [-0.15, -0.1) is 94.1 Å². The van der Waals surface area contributed by atoms with Gasteiger partial charge in [0.1, 0.15) is 59.7 Å². The molecule has 11 heterocycles. The van der Waals surface area contributed by atoms with E-state index in [1.807, 2.05) is 46.4 Å². The topological polar surface area (TPSA) is 546 Å². The summed E-state index contributed by atoms with van der Waals surface area (Å²) in [6.45, 7) is 22.9. The highest BCUT2D eigenvalue weighted by atomic mass is 32.2. The summed E-state index contributed by atoms with van der Waals surface area (Å²) >= 11 is 15.7. The predicted octanol–water partition coefficient (Wildman–Crippen LogP) is 0.00970. The Morgan fingerprint density at radius 1 is 0.328 bits per heavy atom. The lowest BCUT2D eigenvalue weighted by molar-refractivity contribution is -0.285. The molecule has 27 N–H and O–H groups in total. The Kier molecular flexibility index (Phi) is 54.3. The van der Waals surface area contributed by atoms with Crippen LogP contribution >= 0.6 is 129 Å². The highest BCUT2D eigenvalue weighted by molar-refractivity contribution is 8.03. The van der Waals surface area contributed by atoms with Gasteiger partial charge in [-0.3, -0.25) is 0 Å². The second-order valence-corrected chi connectivity index (χ2v) is 48.9. The molecule has 696 valence electrons. The zero-order valence-electron chi connectivity index (χ0n) is 68.1. The van der Waals surface area contributed by atoms with Crippen molar-refractivity contribution >= 4 is 129 Å². The zero-order valence-corrected chi connectivity index (χ0v) is 77.0. The average Bonchev–Trinajstić information content (AvgIpc) is 1.59. The average molecular weight is 1900 g/mol. The normalized spacial score (nSPS) is 46.9. The SMILES string of the molecule is C[C@@H]1S[C@H](CO)C[C@H]1O.C[C@@H]1S[C@H](CO)[C@@H](CO)[C@H]1O.C[C@@H]1S[C@H](CO)[C@@H](O)[C@@]1(C)F.C[C@@H]1S[C@H](CO)[C@@H](O)[C@@]1(C)O.C[C@@H]1S[C@H](CO)[C@@H](O)[C@@]1(C)O.C[C@@H]1S[C@H](CO)[C@@H](O)[C@H]1F.C[C@@H]1S[C@H](CO)[C@@H](O)[C@H]1O.C[C@@H]1S[C@H](CO)[C@@H](O)[C@]1(O)C(F)(F)F.C[C@@H]1S[C@H](CO)[C@@H](O)[C@]1(O)CF.C[C@H]1CC[C@@H](CO)S1.C[C@H]1C[C@H](O)[C@@H](CO)S1. The third-order valence-electron chi connectivity index (χ3n) is 22.2. The van der Waals surface area contributed by atoms with E-state index in [1.54, 1.807) is 69.9 Å². The maximum absolute atomic E-state index is 13.5. The lowest BCUT2D eigenvalue weighted by Crippen LogP contribution is -2.58. The van der Waals surface area contributed by atoms with Crippen LogP contribution in [-0.4, -0.2) is 447 Å². The number of aliphatic hydroxyl groups excluding tert-OH is 23. The molecule has 0 aliphatic carbocycles. The number of thioether (sulfide) groups is 11. The lowest BCUT2D eigenvalue weighted by atomic mass is 9.91. The summed E-state index contributed by atoms with van der Waals surface area (Å²) < 4.78 is 76.0. The monoisotopic (exact) mass is 1900 g/mol. The summed E-state index contributed by atoms with van der Waals surface area (Å²) in [5.41, 5.74) is -8.47. The van der Waals surface area contributed by atoms with Crippen molar-refractivity contribution in [3.63, 3.8) is 0 Å². The number of hydrogen-bond acceptors (Lipinski definition) is 38. The van der Waals surface area contributed by atoms with Gasteiger partial charge in [-0.2, -0.15) is 48.5 Å². The van der Waals surface area contributed by atoms with Crippen molar-refractivity contribution < 1.29 is 164 Å².